The number of H-pyrrole nitrogens is 1. The molecule has 0 aliphatic heterocycles. The van der Waals surface area contributed by atoms with Crippen molar-refractivity contribution in [1.82, 2.24) is 9.97 Å². The topological polar surface area (TPSA) is 124 Å². The zero-order valence-electron chi connectivity index (χ0n) is 6.60. The van der Waals surface area contributed by atoms with Gasteiger partial charge in [-0.05, 0) is 0 Å². The van der Waals surface area contributed by atoms with Crippen LogP contribution < -0.4 is 16.0 Å². The standard InChI is InChI=1S/C5H6N4O4/c1-13-4-2(9(11)12)3(10)7-5(6)8-4/h1H3,(H3,6,7,8,10). The van der Waals surface area contributed by atoms with E-state index < -0.39 is 22.0 Å². The first-order chi connectivity index (χ1) is 6.06. The van der Waals surface area contributed by atoms with Gasteiger partial charge in [0.15, 0.2) is 0 Å². The number of hydrogen-bond donors (Lipinski definition) is 2. The van der Waals surface area contributed by atoms with Gasteiger partial charge in [0, 0.05) is 0 Å². The van der Waals surface area contributed by atoms with Crippen LogP contribution in [0.15, 0.2) is 4.79 Å². The highest BCUT2D eigenvalue weighted by molar-refractivity contribution is 5.41. The Morgan fingerprint density at radius 1 is 1.69 bits per heavy atom. The Morgan fingerprint density at radius 3 is 2.77 bits per heavy atom. The van der Waals surface area contributed by atoms with Gasteiger partial charge in [0.05, 0.1) is 12.0 Å². The van der Waals surface area contributed by atoms with Gasteiger partial charge in [-0.25, -0.2) is 0 Å². The first kappa shape index (κ1) is 8.97. The van der Waals surface area contributed by atoms with Crippen molar-refractivity contribution in [2.24, 2.45) is 0 Å². The number of aromatic amines is 1. The predicted octanol–water partition coefficient (Wildman–Crippen LogP) is -0.731. The fraction of sp³-hybridized carbons (Fsp3) is 0.200. The molecular weight excluding hydrogens is 180 g/mol. The summed E-state index contributed by atoms with van der Waals surface area (Å²) >= 11 is 0. The van der Waals surface area contributed by atoms with E-state index in [1.807, 2.05) is 4.98 Å². The highest BCUT2D eigenvalue weighted by atomic mass is 16.6. The molecule has 0 bridgehead atoms. The summed E-state index contributed by atoms with van der Waals surface area (Å²) in [7, 11) is 1.16. The zero-order chi connectivity index (χ0) is 10.0. The van der Waals surface area contributed by atoms with Crippen LogP contribution in [-0.4, -0.2) is 22.0 Å². The lowest BCUT2D eigenvalue weighted by Crippen LogP contribution is -2.16. The van der Waals surface area contributed by atoms with E-state index in [9.17, 15) is 14.9 Å². The van der Waals surface area contributed by atoms with E-state index in [0.29, 0.717) is 0 Å². The molecule has 0 aliphatic carbocycles. The molecule has 0 atom stereocenters. The summed E-state index contributed by atoms with van der Waals surface area (Å²) in [6.07, 6.45) is 0. The number of anilines is 1. The molecule has 0 saturated carbocycles. The minimum Gasteiger partial charge on any atom is -0.476 e. The summed E-state index contributed by atoms with van der Waals surface area (Å²) in [5.41, 5.74) is 3.45. The number of aromatic nitrogens is 2. The Balaban J connectivity index is 3.48. The molecule has 0 unspecified atom stereocenters. The van der Waals surface area contributed by atoms with Crippen LogP contribution in [0, 0.1) is 10.1 Å². The van der Waals surface area contributed by atoms with Crippen molar-refractivity contribution in [3.63, 3.8) is 0 Å². The van der Waals surface area contributed by atoms with Gasteiger partial charge in [0.2, 0.25) is 5.95 Å². The SMILES string of the molecule is COc1nc(N)[nH]c(=O)c1[N+](=O)[O-]. The molecule has 1 rings (SSSR count). The summed E-state index contributed by atoms with van der Waals surface area (Å²) < 4.78 is 4.52. The number of nitrogens with zero attached hydrogens (tertiary/aromatic N) is 2. The molecule has 1 aromatic rings. The van der Waals surface area contributed by atoms with Crippen molar-refractivity contribution in [1.29, 1.82) is 0 Å². The van der Waals surface area contributed by atoms with E-state index in [-0.39, 0.29) is 5.95 Å². The average molecular weight is 186 g/mol. The van der Waals surface area contributed by atoms with E-state index in [0.717, 1.165) is 7.11 Å². The molecule has 0 aromatic carbocycles. The molecule has 70 valence electrons. The Labute approximate surface area is 71.5 Å². The summed E-state index contributed by atoms with van der Waals surface area (Å²) in [5, 5.41) is 10.3. The Kier molecular flexibility index (Phi) is 2.13. The highest BCUT2D eigenvalue weighted by Gasteiger charge is 2.22. The number of nitrogens with one attached hydrogen (secondary N) is 1. The fourth-order valence-corrected chi connectivity index (χ4v) is 0.766. The molecule has 0 radical (unpaired) electrons. The van der Waals surface area contributed by atoms with E-state index in [1.165, 1.54) is 0 Å². The van der Waals surface area contributed by atoms with Crippen molar-refractivity contribution in [2.45, 2.75) is 0 Å². The van der Waals surface area contributed by atoms with Gasteiger partial charge in [-0.3, -0.25) is 19.9 Å². The van der Waals surface area contributed by atoms with E-state index in [2.05, 4.69) is 9.72 Å². The summed E-state index contributed by atoms with van der Waals surface area (Å²) in [4.78, 5) is 25.8. The molecule has 1 aromatic heterocycles. The second kappa shape index (κ2) is 3.09. The third kappa shape index (κ3) is 1.55. The van der Waals surface area contributed by atoms with Crippen molar-refractivity contribution >= 4 is 11.6 Å². The van der Waals surface area contributed by atoms with Crippen LogP contribution in [0.5, 0.6) is 5.88 Å². The third-order valence-electron chi connectivity index (χ3n) is 1.26. The lowest BCUT2D eigenvalue weighted by molar-refractivity contribution is -0.387. The van der Waals surface area contributed by atoms with Gasteiger partial charge in [-0.2, -0.15) is 4.98 Å². The van der Waals surface area contributed by atoms with Crippen LogP contribution >= 0.6 is 0 Å². The molecule has 0 aliphatic rings. The minimum atomic E-state index is -0.936. The molecule has 3 N–H and O–H groups in total. The van der Waals surface area contributed by atoms with Gasteiger partial charge >= 0.3 is 17.1 Å². The van der Waals surface area contributed by atoms with Crippen molar-refractivity contribution < 1.29 is 9.66 Å². The molecule has 0 spiro atoms. The lowest BCUT2D eigenvalue weighted by Gasteiger charge is -1.99. The summed E-state index contributed by atoms with van der Waals surface area (Å²) in [6, 6.07) is 0. The molecule has 1 heterocycles. The number of nitro groups is 1. The molecule has 0 amide bonds. The van der Waals surface area contributed by atoms with Crippen LogP contribution in [0.3, 0.4) is 0 Å². The first-order valence-corrected chi connectivity index (χ1v) is 3.14. The lowest BCUT2D eigenvalue weighted by atomic mass is 10.5. The van der Waals surface area contributed by atoms with Crippen LogP contribution in [0.25, 0.3) is 0 Å². The van der Waals surface area contributed by atoms with E-state index in [4.69, 9.17) is 5.73 Å². The van der Waals surface area contributed by atoms with Gasteiger partial charge in [-0.1, -0.05) is 0 Å². The fourth-order valence-electron chi connectivity index (χ4n) is 0.766. The normalized spacial score (nSPS) is 9.62. The molecule has 0 saturated heterocycles. The number of ether oxygens (including phenoxy) is 1. The van der Waals surface area contributed by atoms with Crippen LogP contribution in [0.4, 0.5) is 11.6 Å². The first-order valence-electron chi connectivity index (χ1n) is 3.14. The molecule has 13 heavy (non-hydrogen) atoms. The van der Waals surface area contributed by atoms with Gasteiger partial charge in [0.25, 0.3) is 0 Å². The smallest absolute Gasteiger partial charge is 0.395 e. The second-order valence-electron chi connectivity index (χ2n) is 2.07. The largest absolute Gasteiger partial charge is 0.476 e. The zero-order valence-corrected chi connectivity index (χ0v) is 6.60. The molecule has 8 heteroatoms. The maximum absolute atomic E-state index is 11.0. The van der Waals surface area contributed by atoms with Crippen LogP contribution in [-0.2, 0) is 0 Å². The van der Waals surface area contributed by atoms with Crippen LogP contribution in [0.2, 0.25) is 0 Å². The maximum Gasteiger partial charge on any atom is 0.395 e. The number of nitrogen functional groups attached to an aromatic ring is 1. The van der Waals surface area contributed by atoms with Gasteiger partial charge < -0.3 is 10.5 Å². The summed E-state index contributed by atoms with van der Waals surface area (Å²) in [6.45, 7) is 0. The monoisotopic (exact) mass is 186 g/mol. The molecule has 0 fully saturated rings. The third-order valence-corrected chi connectivity index (χ3v) is 1.26. The van der Waals surface area contributed by atoms with Gasteiger partial charge in [0.1, 0.15) is 0 Å². The molecular formula is C5H6N4O4. The highest BCUT2D eigenvalue weighted by Crippen LogP contribution is 2.18. The Morgan fingerprint density at radius 2 is 2.31 bits per heavy atom. The Bertz CT molecular complexity index is 398. The predicted molar refractivity (Wildman–Crippen MR) is 42.5 cm³/mol. The minimum absolute atomic E-state index is 0.229. The Hall–Kier alpha value is -2.12. The summed E-state index contributed by atoms with van der Waals surface area (Å²) in [5.74, 6) is -0.626. The number of rotatable bonds is 2. The maximum atomic E-state index is 11.0. The van der Waals surface area contributed by atoms with Crippen LogP contribution in [0.1, 0.15) is 0 Å². The second-order valence-corrected chi connectivity index (χ2v) is 2.07. The number of methoxy groups -OCH3 is 1. The number of nitrogens with two attached hydrogens (primary N) is 1. The van der Waals surface area contributed by atoms with Gasteiger partial charge in [-0.15, -0.1) is 0 Å². The average Bonchev–Trinajstić information content (AvgIpc) is 2.01. The van der Waals surface area contributed by atoms with E-state index in [1.54, 1.807) is 0 Å². The van der Waals surface area contributed by atoms with Crippen molar-refractivity contribution in [2.75, 3.05) is 12.8 Å². The van der Waals surface area contributed by atoms with Crippen molar-refractivity contribution in [3.8, 4) is 5.88 Å². The van der Waals surface area contributed by atoms with E-state index >= 15 is 0 Å². The molecule has 8 nitrogen and oxygen atoms in total. The van der Waals surface area contributed by atoms with Crippen molar-refractivity contribution in [3.05, 3.63) is 20.5 Å². The quantitative estimate of drug-likeness (QED) is 0.463. The number of hydrogen-bond acceptors (Lipinski definition) is 6.